The maximum absolute atomic E-state index is 12.1. The molecule has 1 amide bonds. The van der Waals surface area contributed by atoms with E-state index in [0.717, 1.165) is 23.4 Å². The lowest BCUT2D eigenvalue weighted by Crippen LogP contribution is -2.42. The van der Waals surface area contributed by atoms with Crippen LogP contribution in [0.5, 0.6) is 5.75 Å². The molecule has 0 saturated carbocycles. The third-order valence-electron chi connectivity index (χ3n) is 3.88. The Labute approximate surface area is 143 Å². The number of rotatable bonds is 8. The lowest BCUT2D eigenvalue weighted by molar-refractivity contribution is -0.121. The third kappa shape index (κ3) is 5.47. The predicted octanol–water partition coefficient (Wildman–Crippen LogP) is 0.752. The number of amides is 1. The van der Waals surface area contributed by atoms with E-state index in [1.165, 1.54) is 7.11 Å². The van der Waals surface area contributed by atoms with Crippen LogP contribution in [0, 0.1) is 0 Å². The van der Waals surface area contributed by atoms with Gasteiger partial charge in [0.25, 0.3) is 0 Å². The molecule has 0 aromatic heterocycles. The van der Waals surface area contributed by atoms with Crippen molar-refractivity contribution in [3.63, 3.8) is 0 Å². The van der Waals surface area contributed by atoms with E-state index in [9.17, 15) is 13.2 Å². The van der Waals surface area contributed by atoms with Gasteiger partial charge in [-0.3, -0.25) is 4.79 Å². The van der Waals surface area contributed by atoms with Crippen molar-refractivity contribution in [1.82, 2.24) is 9.62 Å². The van der Waals surface area contributed by atoms with Crippen LogP contribution < -0.4 is 10.1 Å². The summed E-state index contributed by atoms with van der Waals surface area (Å²) in [4.78, 5) is 12.1. The van der Waals surface area contributed by atoms with Crippen molar-refractivity contribution in [2.75, 3.05) is 33.1 Å². The Kier molecular flexibility index (Phi) is 6.59. The van der Waals surface area contributed by atoms with Gasteiger partial charge in [0.15, 0.2) is 0 Å². The van der Waals surface area contributed by atoms with Crippen LogP contribution in [0.3, 0.4) is 0 Å². The molecule has 1 fully saturated rings. The summed E-state index contributed by atoms with van der Waals surface area (Å²) in [5.74, 6) is 0.247. The average Bonchev–Trinajstić information content (AvgIpc) is 3.05. The molecule has 1 saturated heterocycles. The van der Waals surface area contributed by atoms with Gasteiger partial charge in [-0.15, -0.1) is 0 Å². The first-order chi connectivity index (χ1) is 11.4. The van der Waals surface area contributed by atoms with Crippen molar-refractivity contribution < 1.29 is 22.7 Å². The maximum Gasteiger partial charge on any atom is 0.235 e. The van der Waals surface area contributed by atoms with E-state index in [0.29, 0.717) is 24.5 Å². The Balaban J connectivity index is 1.99. The molecule has 0 radical (unpaired) electrons. The summed E-state index contributed by atoms with van der Waals surface area (Å²) in [6, 6.07) is 7.14. The van der Waals surface area contributed by atoms with Crippen molar-refractivity contribution in [1.29, 1.82) is 0 Å². The second kappa shape index (κ2) is 8.46. The second-order valence-corrected chi connectivity index (χ2v) is 7.76. The number of nitrogens with one attached hydrogen (secondary N) is 1. The Morgan fingerprint density at radius 1 is 1.42 bits per heavy atom. The fourth-order valence-electron chi connectivity index (χ4n) is 2.56. The standard InChI is InChI=1S/C16H24N2O5S/c1-22-15-8-4-3-6-13(15)11-18(24(2,20)21)12-16(19)17-10-14-7-5-9-23-14/h3-4,6,8,14H,5,7,9-12H2,1-2H3,(H,17,19). The largest absolute Gasteiger partial charge is 0.496 e. The van der Waals surface area contributed by atoms with Crippen LogP contribution in [-0.2, 0) is 26.1 Å². The molecule has 0 aliphatic carbocycles. The summed E-state index contributed by atoms with van der Waals surface area (Å²) >= 11 is 0. The molecule has 8 heteroatoms. The highest BCUT2D eigenvalue weighted by Crippen LogP contribution is 2.20. The summed E-state index contributed by atoms with van der Waals surface area (Å²) in [6.45, 7) is 0.967. The van der Waals surface area contributed by atoms with Gasteiger partial charge in [0.1, 0.15) is 5.75 Å². The van der Waals surface area contributed by atoms with Gasteiger partial charge >= 0.3 is 0 Å². The molecule has 1 heterocycles. The average molecular weight is 356 g/mol. The highest BCUT2D eigenvalue weighted by atomic mass is 32.2. The minimum atomic E-state index is -3.53. The number of ether oxygens (including phenoxy) is 2. The molecular formula is C16H24N2O5S. The Hall–Kier alpha value is -1.64. The fourth-order valence-corrected chi connectivity index (χ4v) is 3.29. The number of sulfonamides is 1. The first-order valence-electron chi connectivity index (χ1n) is 7.85. The summed E-state index contributed by atoms with van der Waals surface area (Å²) < 4.78 is 35.8. The Morgan fingerprint density at radius 3 is 2.79 bits per heavy atom. The number of carbonyl (C=O) groups is 1. The van der Waals surface area contributed by atoms with Gasteiger partial charge in [-0.1, -0.05) is 18.2 Å². The Morgan fingerprint density at radius 2 is 2.17 bits per heavy atom. The van der Waals surface area contributed by atoms with Crippen LogP contribution >= 0.6 is 0 Å². The summed E-state index contributed by atoms with van der Waals surface area (Å²) in [5, 5.41) is 2.74. The zero-order valence-electron chi connectivity index (χ0n) is 14.0. The Bertz CT molecular complexity index is 656. The van der Waals surface area contributed by atoms with Crippen LogP contribution in [0.2, 0.25) is 0 Å². The molecule has 1 aromatic carbocycles. The topological polar surface area (TPSA) is 84.9 Å². The van der Waals surface area contributed by atoms with Gasteiger partial charge in [-0.25, -0.2) is 8.42 Å². The van der Waals surface area contributed by atoms with Crippen molar-refractivity contribution in [2.24, 2.45) is 0 Å². The molecule has 0 spiro atoms. The number of hydrogen-bond acceptors (Lipinski definition) is 5. The lowest BCUT2D eigenvalue weighted by atomic mass is 10.2. The summed E-state index contributed by atoms with van der Waals surface area (Å²) in [7, 11) is -2.01. The predicted molar refractivity (Wildman–Crippen MR) is 90.2 cm³/mol. The molecule has 7 nitrogen and oxygen atoms in total. The maximum atomic E-state index is 12.1. The van der Waals surface area contributed by atoms with Gasteiger partial charge in [0, 0.05) is 25.3 Å². The van der Waals surface area contributed by atoms with Gasteiger partial charge in [-0.05, 0) is 18.9 Å². The van der Waals surface area contributed by atoms with Crippen molar-refractivity contribution in [2.45, 2.75) is 25.5 Å². The van der Waals surface area contributed by atoms with Gasteiger partial charge in [-0.2, -0.15) is 4.31 Å². The van der Waals surface area contributed by atoms with Gasteiger partial charge < -0.3 is 14.8 Å². The molecule has 2 rings (SSSR count). The van der Waals surface area contributed by atoms with E-state index in [4.69, 9.17) is 9.47 Å². The monoisotopic (exact) mass is 356 g/mol. The van der Waals surface area contributed by atoms with Crippen molar-refractivity contribution in [3.8, 4) is 5.75 Å². The SMILES string of the molecule is COc1ccccc1CN(CC(=O)NCC1CCCO1)S(C)(=O)=O. The fraction of sp³-hybridized carbons (Fsp3) is 0.562. The lowest BCUT2D eigenvalue weighted by Gasteiger charge is -2.21. The smallest absolute Gasteiger partial charge is 0.235 e. The molecule has 1 N–H and O–H groups in total. The molecule has 134 valence electrons. The molecule has 24 heavy (non-hydrogen) atoms. The van der Waals surface area contributed by atoms with E-state index in [-0.39, 0.29) is 25.1 Å². The molecule has 1 aliphatic heterocycles. The first-order valence-corrected chi connectivity index (χ1v) is 9.70. The van der Waals surface area contributed by atoms with Crippen LogP contribution in [0.4, 0.5) is 0 Å². The molecule has 0 bridgehead atoms. The molecule has 1 unspecified atom stereocenters. The number of carbonyl (C=O) groups excluding carboxylic acids is 1. The summed E-state index contributed by atoms with van der Waals surface area (Å²) in [6.07, 6.45) is 3.02. The minimum Gasteiger partial charge on any atom is -0.496 e. The van der Waals surface area contributed by atoms with Gasteiger partial charge in [0.05, 0.1) is 26.0 Å². The summed E-state index contributed by atoms with van der Waals surface area (Å²) in [5.41, 5.74) is 0.706. The second-order valence-electron chi connectivity index (χ2n) is 5.78. The zero-order chi connectivity index (χ0) is 17.6. The highest BCUT2D eigenvalue weighted by molar-refractivity contribution is 7.88. The molecule has 1 atom stereocenters. The normalized spacial score (nSPS) is 17.9. The van der Waals surface area contributed by atoms with Crippen LogP contribution in [0.1, 0.15) is 18.4 Å². The van der Waals surface area contributed by atoms with E-state index in [1.807, 2.05) is 0 Å². The number of nitrogens with zero attached hydrogens (tertiary/aromatic N) is 1. The van der Waals surface area contributed by atoms with Crippen molar-refractivity contribution >= 4 is 15.9 Å². The van der Waals surface area contributed by atoms with Gasteiger partial charge in [0.2, 0.25) is 15.9 Å². The number of para-hydroxylation sites is 1. The van der Waals surface area contributed by atoms with E-state index in [1.54, 1.807) is 24.3 Å². The minimum absolute atomic E-state index is 0.0230. The number of benzene rings is 1. The van der Waals surface area contributed by atoms with E-state index < -0.39 is 10.0 Å². The van der Waals surface area contributed by atoms with E-state index >= 15 is 0 Å². The zero-order valence-corrected chi connectivity index (χ0v) is 14.8. The third-order valence-corrected chi connectivity index (χ3v) is 5.08. The van der Waals surface area contributed by atoms with Crippen LogP contribution in [0.15, 0.2) is 24.3 Å². The molecule has 1 aromatic rings. The van der Waals surface area contributed by atoms with Crippen LogP contribution in [-0.4, -0.2) is 57.8 Å². The first kappa shape index (κ1) is 18.7. The number of hydrogen-bond donors (Lipinski definition) is 1. The molecule has 1 aliphatic rings. The van der Waals surface area contributed by atoms with Crippen molar-refractivity contribution in [3.05, 3.63) is 29.8 Å². The van der Waals surface area contributed by atoms with Crippen LogP contribution in [0.25, 0.3) is 0 Å². The van der Waals surface area contributed by atoms with E-state index in [2.05, 4.69) is 5.32 Å². The number of methoxy groups -OCH3 is 1. The highest BCUT2D eigenvalue weighted by Gasteiger charge is 2.23. The quantitative estimate of drug-likeness (QED) is 0.743. The molecular weight excluding hydrogens is 332 g/mol.